The van der Waals surface area contributed by atoms with Crippen molar-refractivity contribution in [1.29, 1.82) is 0 Å². The average Bonchev–Trinajstić information content (AvgIpc) is 1.78. The first kappa shape index (κ1) is 95.0. The number of methoxy groups -OCH3 is 1. The number of H-pyrrole nitrogens is 1. The predicted octanol–water partition coefficient (Wildman–Crippen LogP) is 7.46. The number of aliphatic hydroxyl groups is 1. The number of ether oxygens (including phenoxy) is 8. The van der Waals surface area contributed by atoms with E-state index in [1.807, 2.05) is 91.0 Å². The molecule has 0 atom stereocenters. The number of hydrogen-bond donors (Lipinski definition) is 7. The highest BCUT2D eigenvalue weighted by Crippen LogP contribution is 2.25. The van der Waals surface area contributed by atoms with Gasteiger partial charge in [0, 0.05) is 110 Å². The van der Waals surface area contributed by atoms with Crippen LogP contribution >= 0.6 is 48.0 Å². The molecule has 9 heterocycles. The molecule has 4 aliphatic heterocycles. The van der Waals surface area contributed by atoms with Crippen LogP contribution in [0.3, 0.4) is 0 Å². The molecule has 33 nitrogen and oxygen atoms in total. The molecule has 0 saturated carbocycles. The Morgan fingerprint density at radius 3 is 1.26 bits per heavy atom. The number of aromatic hydroxyl groups is 1. The molecule has 0 unspecified atom stereocenters. The van der Waals surface area contributed by atoms with E-state index in [9.17, 15) is 67.4 Å². The van der Waals surface area contributed by atoms with Gasteiger partial charge in [-0.1, -0.05) is 139 Å². The Morgan fingerprint density at radius 2 is 0.889 bits per heavy atom. The van der Waals surface area contributed by atoms with Gasteiger partial charge >= 0.3 is 29.8 Å². The first-order chi connectivity index (χ1) is 56.0. The van der Waals surface area contributed by atoms with Crippen LogP contribution in [0.1, 0.15) is 115 Å². The number of amides is 3. The van der Waals surface area contributed by atoms with E-state index >= 15 is 0 Å². The molecule has 3 amide bonds. The second-order valence-corrected chi connectivity index (χ2v) is 27.6. The van der Waals surface area contributed by atoms with Crippen molar-refractivity contribution in [3.05, 3.63) is 260 Å². The third-order valence-electron chi connectivity index (χ3n) is 15.9. The number of hydrogen-bond acceptors (Lipinski definition) is 27. The van der Waals surface area contributed by atoms with E-state index in [4.69, 9.17) is 63.1 Å². The van der Waals surface area contributed by atoms with Gasteiger partial charge in [-0.2, -0.15) is 0 Å². The maximum Gasteiger partial charge on any atom is 0.342 e. The summed E-state index contributed by atoms with van der Waals surface area (Å²) in [5.74, 6) is -3.56. The van der Waals surface area contributed by atoms with Crippen LogP contribution < -0.4 is 62.7 Å². The van der Waals surface area contributed by atoms with Crippen molar-refractivity contribution in [1.82, 2.24) is 44.1 Å². The van der Waals surface area contributed by atoms with Crippen molar-refractivity contribution in [2.24, 2.45) is 28.2 Å². The lowest BCUT2D eigenvalue weighted by molar-refractivity contribution is -0.139. The normalized spacial score (nSPS) is 12.7. The van der Waals surface area contributed by atoms with Gasteiger partial charge < -0.3 is 92.4 Å². The molecule has 3 fully saturated rings. The van der Waals surface area contributed by atoms with Crippen molar-refractivity contribution >= 4 is 104 Å². The number of carboxylic acids is 1. The minimum atomic E-state index is -1.18. The molecule has 0 bridgehead atoms. The number of carbonyl (C=O) groups is 8. The minimum absolute atomic E-state index is 0.0125. The van der Waals surface area contributed by atoms with E-state index in [0.717, 1.165) is 58.4 Å². The minimum Gasteiger partial charge on any atom is -0.503 e. The third kappa shape index (κ3) is 29.9. The van der Waals surface area contributed by atoms with Crippen molar-refractivity contribution in [3.8, 4) is 28.7 Å². The fourth-order valence-electron chi connectivity index (χ4n) is 9.84. The van der Waals surface area contributed by atoms with Crippen LogP contribution in [0, 0.1) is 0 Å². The Balaban J connectivity index is 0.000000246. The maximum atomic E-state index is 12.7. The average molecular weight is 1690 g/mol. The number of carboxylic acid groups (broad SMARTS) is 1. The zero-order valence-corrected chi connectivity index (χ0v) is 68.8. The molecule has 8 aromatic rings. The molecule has 0 radical (unpaired) electrons. The van der Waals surface area contributed by atoms with Crippen LogP contribution in [0.2, 0.25) is 0 Å². The molecule has 0 aliphatic carbocycles. The van der Waals surface area contributed by atoms with Crippen molar-refractivity contribution in [2.75, 3.05) is 71.2 Å². The summed E-state index contributed by atoms with van der Waals surface area (Å²) in [5.41, 5.74) is 0.847. The number of aromatic amines is 1. The number of thioether (sulfide) groups is 2. The molecule has 12 rings (SSSR count). The number of thiocarbonyl (C=S) groups is 2. The van der Waals surface area contributed by atoms with Gasteiger partial charge in [-0.3, -0.25) is 43.3 Å². The van der Waals surface area contributed by atoms with Crippen molar-refractivity contribution < 1.29 is 91.6 Å². The molecule has 0 spiro atoms. The van der Waals surface area contributed by atoms with Crippen molar-refractivity contribution in [3.63, 3.8) is 0 Å². The standard InChI is InChI=1S/C17H16N2O3S2.C16H17NO4.C14H13NO4.C10H13NO4.C8H11NO4.C8H9NO4.C4H7NO.C3H5NS2/c1-18-8-7-13(15(20)19-9-10-24-17(19)23)14(16(18)21)22-11-12-5-3-2-4-6-12;1-3-20-16(19)13-9-10-17(2)15(18)14(13)21-11-12-7-5-4-6-8-12;1-15-8-7-11(14(17)18)12(13(15)16)19-9-10-5-3-2-4-6-10;1-4-15-10(13)7-5-6-11(2)9(12)8(7)14-3;2*1-2-13-8(12)5-3-4-9-7(11)6(5)10;6-4-2-1-3-5-4;5-3-4-1-2-6-3/h2-8H,9-11H2,1H3;4-10H,3,11H2,1-2H3;2-8H,9H2,1H3,(H,17,18);5-6H,4H2,1-3H3;10H,2-4H2,1H3,(H,9,11);3-4,10H,2H2,1H3,(H,9,11);1-3H2,(H,5,6);1-2H2,(H,4,5). The number of carbonyl (C=O) groups excluding carboxylic acids is 7. The highest BCUT2D eigenvalue weighted by molar-refractivity contribution is 8.23. The van der Waals surface area contributed by atoms with Gasteiger partial charge in [0.1, 0.15) is 50.7 Å². The Bertz CT molecular complexity index is 5070. The summed E-state index contributed by atoms with van der Waals surface area (Å²) in [6, 6.07) is 35.5. The highest BCUT2D eigenvalue weighted by atomic mass is 32.2. The number of benzene rings is 3. The van der Waals surface area contributed by atoms with Crippen molar-refractivity contribution in [2.45, 2.75) is 66.8 Å². The lowest BCUT2D eigenvalue weighted by Gasteiger charge is -2.17. The monoisotopic (exact) mass is 1690 g/mol. The number of rotatable bonds is 20. The van der Waals surface area contributed by atoms with E-state index in [2.05, 4.69) is 30.4 Å². The Morgan fingerprint density at radius 1 is 0.470 bits per heavy atom. The summed E-state index contributed by atoms with van der Waals surface area (Å²) in [4.78, 5) is 153. The molecular weight excluding hydrogens is 1600 g/mol. The fraction of sp³-hybridized carbons (Fsp3) is 0.312. The lowest BCUT2D eigenvalue weighted by Crippen LogP contribution is -2.33. The smallest absolute Gasteiger partial charge is 0.342 e. The van der Waals surface area contributed by atoms with Gasteiger partial charge in [-0.25, -0.2) is 24.0 Å². The van der Waals surface area contributed by atoms with Crippen LogP contribution in [0.5, 0.6) is 28.7 Å². The molecule has 7 N–H and O–H groups in total. The summed E-state index contributed by atoms with van der Waals surface area (Å²) in [7, 11) is 7.71. The number of aromatic carboxylic acids is 1. The molecule has 37 heteroatoms. The Hall–Kier alpha value is -12.6. The van der Waals surface area contributed by atoms with Crippen LogP contribution in [-0.2, 0) is 81.3 Å². The second-order valence-electron chi connectivity index (χ2n) is 24.1. The number of pyridine rings is 5. The summed E-state index contributed by atoms with van der Waals surface area (Å²) < 4.78 is 47.5. The second kappa shape index (κ2) is 49.9. The summed E-state index contributed by atoms with van der Waals surface area (Å²) >= 11 is 13.2. The number of aryl methyl sites for hydroxylation is 4. The quantitative estimate of drug-likeness (QED) is 0.0221. The largest absolute Gasteiger partial charge is 0.503 e. The fourth-order valence-corrected chi connectivity index (χ4v) is 12.0. The van der Waals surface area contributed by atoms with Crippen LogP contribution in [0.15, 0.2) is 188 Å². The van der Waals surface area contributed by atoms with E-state index in [-0.39, 0.29) is 131 Å². The Kier molecular flexibility index (Phi) is 40.5. The maximum absolute atomic E-state index is 12.7. The van der Waals surface area contributed by atoms with E-state index < -0.39 is 58.4 Å². The highest BCUT2D eigenvalue weighted by Gasteiger charge is 2.30. The number of nitrogens with one attached hydrogen (secondary N) is 4. The Labute approximate surface area is 690 Å². The van der Waals surface area contributed by atoms with E-state index in [1.54, 1.807) is 79.9 Å². The van der Waals surface area contributed by atoms with Gasteiger partial charge in [-0.05, 0) is 81.1 Å². The van der Waals surface area contributed by atoms with Crippen LogP contribution in [-0.4, -0.2) is 171 Å². The molecular formula is C80H91N9O24S4. The first-order valence-corrected chi connectivity index (χ1v) is 38.8. The van der Waals surface area contributed by atoms with Gasteiger partial charge in [0.25, 0.3) is 39.6 Å². The van der Waals surface area contributed by atoms with E-state index in [0.29, 0.717) is 23.8 Å². The summed E-state index contributed by atoms with van der Waals surface area (Å²) in [6.45, 7) is 11.1. The molecule has 3 saturated heterocycles. The number of aromatic nitrogens is 5. The molecule has 3 aromatic carbocycles. The predicted molar refractivity (Wildman–Crippen MR) is 444 cm³/mol. The number of aliphatic hydroxyl groups excluding tert-OH is 1. The van der Waals surface area contributed by atoms with Gasteiger partial charge in [0.05, 0.1) is 44.7 Å². The first-order valence-electron chi connectivity index (χ1n) is 36.0. The zero-order chi connectivity index (χ0) is 86.1. The van der Waals surface area contributed by atoms with Gasteiger partial charge in [0.2, 0.25) is 5.91 Å². The topological polar surface area (TPSA) is 431 Å². The number of esters is 4. The number of nitrogens with zero attached hydrogens (tertiary/aromatic N) is 5. The van der Waals surface area contributed by atoms with Crippen LogP contribution in [0.4, 0.5) is 0 Å². The van der Waals surface area contributed by atoms with Gasteiger partial charge in [0.15, 0.2) is 34.5 Å². The molecule has 5 aromatic heterocycles. The molecule has 117 heavy (non-hydrogen) atoms. The lowest BCUT2D eigenvalue weighted by atomic mass is 10.1. The zero-order valence-electron chi connectivity index (χ0n) is 65.5. The summed E-state index contributed by atoms with van der Waals surface area (Å²) in [6.07, 6.45) is 9.34. The van der Waals surface area contributed by atoms with Crippen LogP contribution in [0.25, 0.3) is 0 Å². The SMILES string of the molecule is CCOC(=O)C1=C(O)C(=O)NCC1.CCOC(=O)c1cc[nH]c(=O)c1O.CCOC(=O)c1ccn(C)c(=O)c1OC.CCOC(=O)c1ccn(C)c(=O)c1OCc1ccccc1.Cn1ccc(C(=O)N2CCSC2=S)c(OCc2ccccc2)c1=O.Cn1ccc(C(=O)O)c(OCc2ccccc2)c1=O.O=C1CCCN1.S=C1NCCS1. The third-order valence-corrected chi connectivity index (χ3v) is 18.6. The van der Waals surface area contributed by atoms with E-state index in [1.165, 1.54) is 91.1 Å². The molecule has 4 aliphatic rings. The molecule has 624 valence electrons. The van der Waals surface area contributed by atoms with Gasteiger partial charge in [-0.15, -0.1) is 0 Å². The summed E-state index contributed by atoms with van der Waals surface area (Å²) in [5, 5.41) is 35.5.